The molecule has 0 bridgehead atoms. The van der Waals surface area contributed by atoms with E-state index in [1.165, 1.54) is 11.1 Å². The van der Waals surface area contributed by atoms with Crippen molar-refractivity contribution in [2.24, 2.45) is 0 Å². The van der Waals surface area contributed by atoms with Crippen LogP contribution < -0.4 is 14.4 Å². The van der Waals surface area contributed by atoms with Crippen LogP contribution in [0.2, 0.25) is 0 Å². The highest BCUT2D eigenvalue weighted by Gasteiger charge is 2.22. The van der Waals surface area contributed by atoms with E-state index in [-0.39, 0.29) is 0 Å². The van der Waals surface area contributed by atoms with Crippen LogP contribution in [0.1, 0.15) is 11.1 Å². The molecule has 162 valence electrons. The molecule has 6 rings (SSSR count). The van der Waals surface area contributed by atoms with Crippen LogP contribution in [0.3, 0.4) is 0 Å². The number of hydrogen-bond donors (Lipinski definition) is 0. The van der Waals surface area contributed by atoms with Crippen molar-refractivity contribution in [2.45, 2.75) is 13.5 Å². The summed E-state index contributed by atoms with van der Waals surface area (Å²) < 4.78 is 12.9. The van der Waals surface area contributed by atoms with Crippen LogP contribution in [0.15, 0.2) is 60.9 Å². The Kier molecular flexibility index (Phi) is 4.69. The average Bonchev–Trinajstić information content (AvgIpc) is 3.46. The first-order valence-electron chi connectivity index (χ1n) is 11.0. The summed E-state index contributed by atoms with van der Waals surface area (Å²) in [6.45, 7) is 7.18. The Labute approximate surface area is 186 Å². The van der Waals surface area contributed by atoms with Gasteiger partial charge < -0.3 is 14.4 Å². The van der Waals surface area contributed by atoms with Crippen molar-refractivity contribution in [3.8, 4) is 22.8 Å². The molecule has 0 aliphatic carbocycles. The van der Waals surface area contributed by atoms with Gasteiger partial charge in [0.1, 0.15) is 5.52 Å². The van der Waals surface area contributed by atoms with Gasteiger partial charge in [-0.05, 0) is 36.2 Å². The Morgan fingerprint density at radius 2 is 1.78 bits per heavy atom. The molecule has 1 saturated heterocycles. The molecule has 7 nitrogen and oxygen atoms in total. The molecule has 2 aromatic carbocycles. The number of hydrogen-bond acceptors (Lipinski definition) is 6. The molecule has 0 amide bonds. The predicted octanol–water partition coefficient (Wildman–Crippen LogP) is 3.76. The van der Waals surface area contributed by atoms with E-state index in [9.17, 15) is 0 Å². The predicted molar refractivity (Wildman–Crippen MR) is 123 cm³/mol. The third kappa shape index (κ3) is 3.44. The Hall–Kier alpha value is -3.58. The molecule has 4 aromatic rings. The smallest absolute Gasteiger partial charge is 0.231 e. The summed E-state index contributed by atoms with van der Waals surface area (Å²) in [6, 6.07) is 16.7. The third-order valence-electron chi connectivity index (χ3n) is 6.31. The summed E-state index contributed by atoms with van der Waals surface area (Å²) in [6.07, 6.45) is 3.77. The summed E-state index contributed by atoms with van der Waals surface area (Å²) in [5, 5.41) is 4.82. The minimum Gasteiger partial charge on any atom is -0.454 e. The van der Waals surface area contributed by atoms with Gasteiger partial charge >= 0.3 is 0 Å². The number of anilines is 1. The number of ether oxygens (including phenoxy) is 2. The molecule has 0 radical (unpaired) electrons. The van der Waals surface area contributed by atoms with E-state index in [1.807, 2.05) is 23.0 Å². The van der Waals surface area contributed by atoms with E-state index < -0.39 is 0 Å². The Balaban J connectivity index is 1.19. The van der Waals surface area contributed by atoms with Crippen molar-refractivity contribution in [2.75, 3.05) is 37.9 Å². The van der Waals surface area contributed by atoms with Crippen molar-refractivity contribution in [3.05, 3.63) is 72.1 Å². The second-order valence-electron chi connectivity index (χ2n) is 8.38. The van der Waals surface area contributed by atoms with Crippen molar-refractivity contribution in [1.29, 1.82) is 0 Å². The van der Waals surface area contributed by atoms with Crippen molar-refractivity contribution >= 4 is 11.3 Å². The molecule has 0 unspecified atom stereocenters. The molecule has 0 saturated carbocycles. The van der Waals surface area contributed by atoms with Crippen LogP contribution in [0.4, 0.5) is 5.82 Å². The summed E-state index contributed by atoms with van der Waals surface area (Å²) in [7, 11) is 0. The van der Waals surface area contributed by atoms with Crippen molar-refractivity contribution in [3.63, 3.8) is 0 Å². The Morgan fingerprint density at radius 3 is 2.66 bits per heavy atom. The number of aryl methyl sites for hydroxylation is 1. The normalized spacial score (nSPS) is 16.1. The van der Waals surface area contributed by atoms with Crippen LogP contribution in [0, 0.1) is 6.92 Å². The van der Waals surface area contributed by atoms with Gasteiger partial charge in [0.05, 0.1) is 5.69 Å². The van der Waals surface area contributed by atoms with Crippen LogP contribution in [0.5, 0.6) is 11.5 Å². The maximum absolute atomic E-state index is 5.52. The average molecular weight is 428 g/mol. The minimum atomic E-state index is 0.316. The SMILES string of the molecule is Cc1ccccc1-c1cc2c(N3CCN(Cc4ccc5c(c4)OCO5)CC3)nccn2n1. The Morgan fingerprint density at radius 1 is 0.938 bits per heavy atom. The zero-order valence-electron chi connectivity index (χ0n) is 18.1. The van der Waals surface area contributed by atoms with E-state index in [2.05, 4.69) is 59.2 Å². The molecule has 7 heteroatoms. The molecule has 4 heterocycles. The fraction of sp³-hybridized carbons (Fsp3) is 0.280. The molecular weight excluding hydrogens is 402 g/mol. The van der Waals surface area contributed by atoms with Gasteiger partial charge in [-0.3, -0.25) is 4.90 Å². The summed E-state index contributed by atoms with van der Waals surface area (Å²) >= 11 is 0. The van der Waals surface area contributed by atoms with Crippen LogP contribution in [-0.4, -0.2) is 52.5 Å². The largest absolute Gasteiger partial charge is 0.454 e. The molecule has 32 heavy (non-hydrogen) atoms. The molecule has 2 aliphatic heterocycles. The fourth-order valence-electron chi connectivity index (χ4n) is 4.56. The number of fused-ring (bicyclic) bond motifs is 2. The highest BCUT2D eigenvalue weighted by Crippen LogP contribution is 2.33. The summed E-state index contributed by atoms with van der Waals surface area (Å²) in [5.41, 5.74) is 5.67. The van der Waals surface area contributed by atoms with Crippen molar-refractivity contribution in [1.82, 2.24) is 19.5 Å². The number of rotatable bonds is 4. The van der Waals surface area contributed by atoms with Crippen LogP contribution >= 0.6 is 0 Å². The first kappa shape index (κ1) is 19.1. The number of nitrogens with zero attached hydrogens (tertiary/aromatic N) is 5. The fourth-order valence-corrected chi connectivity index (χ4v) is 4.56. The minimum absolute atomic E-state index is 0.316. The van der Waals surface area contributed by atoms with Gasteiger partial charge in [-0.2, -0.15) is 5.10 Å². The number of piperazine rings is 1. The molecule has 0 N–H and O–H groups in total. The Bertz CT molecular complexity index is 1280. The van der Waals surface area contributed by atoms with Crippen molar-refractivity contribution < 1.29 is 9.47 Å². The van der Waals surface area contributed by atoms with Gasteiger partial charge in [0.2, 0.25) is 6.79 Å². The van der Waals surface area contributed by atoms with Crippen LogP contribution in [-0.2, 0) is 6.54 Å². The molecular formula is C25H25N5O2. The topological polar surface area (TPSA) is 55.1 Å². The monoisotopic (exact) mass is 427 g/mol. The van der Waals surface area contributed by atoms with E-state index in [1.54, 1.807) is 0 Å². The lowest BCUT2D eigenvalue weighted by molar-refractivity contribution is 0.174. The van der Waals surface area contributed by atoms with E-state index in [0.29, 0.717) is 6.79 Å². The lowest BCUT2D eigenvalue weighted by Gasteiger charge is -2.35. The maximum atomic E-state index is 5.52. The molecule has 2 aromatic heterocycles. The zero-order chi connectivity index (χ0) is 21.5. The molecule has 0 atom stereocenters. The lowest BCUT2D eigenvalue weighted by atomic mass is 10.1. The third-order valence-corrected chi connectivity index (χ3v) is 6.31. The van der Waals surface area contributed by atoms with E-state index in [0.717, 1.165) is 66.8 Å². The number of benzene rings is 2. The quantitative estimate of drug-likeness (QED) is 0.494. The van der Waals surface area contributed by atoms with Gasteiger partial charge in [-0.15, -0.1) is 0 Å². The first-order valence-corrected chi connectivity index (χ1v) is 11.0. The second kappa shape index (κ2) is 7.84. The van der Waals surface area contributed by atoms with Gasteiger partial charge in [0.15, 0.2) is 17.3 Å². The van der Waals surface area contributed by atoms with Crippen LogP contribution in [0.25, 0.3) is 16.8 Å². The van der Waals surface area contributed by atoms with E-state index in [4.69, 9.17) is 19.6 Å². The molecule has 1 fully saturated rings. The highest BCUT2D eigenvalue weighted by atomic mass is 16.7. The summed E-state index contributed by atoms with van der Waals surface area (Å²) in [4.78, 5) is 9.57. The summed E-state index contributed by atoms with van der Waals surface area (Å²) in [5.74, 6) is 2.69. The van der Waals surface area contributed by atoms with Gasteiger partial charge in [0.25, 0.3) is 0 Å². The maximum Gasteiger partial charge on any atom is 0.231 e. The highest BCUT2D eigenvalue weighted by molar-refractivity contribution is 5.76. The standard InChI is InChI=1S/C25H25N5O2/c1-18-4-2-3-5-20(18)21-15-22-25(26-8-9-30(22)27-21)29-12-10-28(11-13-29)16-19-6-7-23-24(14-19)32-17-31-23/h2-9,14-15H,10-13,16-17H2,1H3. The lowest BCUT2D eigenvalue weighted by Crippen LogP contribution is -2.46. The number of aromatic nitrogens is 3. The molecule has 0 spiro atoms. The van der Waals surface area contributed by atoms with Gasteiger partial charge in [-0.1, -0.05) is 30.3 Å². The van der Waals surface area contributed by atoms with Gasteiger partial charge in [-0.25, -0.2) is 9.50 Å². The molecule has 2 aliphatic rings. The van der Waals surface area contributed by atoms with E-state index >= 15 is 0 Å². The van der Waals surface area contributed by atoms with Gasteiger partial charge in [0, 0.05) is 50.7 Å². The zero-order valence-corrected chi connectivity index (χ0v) is 18.1. The first-order chi connectivity index (χ1) is 15.7. The second-order valence-corrected chi connectivity index (χ2v) is 8.38.